The molecule has 0 bridgehead atoms. The number of aryl methyl sites for hydroxylation is 1. The maximum Gasteiger partial charge on any atom is 0.270 e. The summed E-state index contributed by atoms with van der Waals surface area (Å²) in [7, 11) is 0. The van der Waals surface area contributed by atoms with Crippen LogP contribution in [0.1, 0.15) is 11.3 Å². The van der Waals surface area contributed by atoms with Crippen LogP contribution in [0, 0.1) is 12.7 Å². The lowest BCUT2D eigenvalue weighted by Crippen LogP contribution is -2.37. The van der Waals surface area contributed by atoms with E-state index in [1.54, 1.807) is 6.20 Å². The summed E-state index contributed by atoms with van der Waals surface area (Å²) in [6, 6.07) is 17.8. The second-order valence-corrected chi connectivity index (χ2v) is 8.92. The summed E-state index contributed by atoms with van der Waals surface area (Å²) < 4.78 is 19.5. The first-order valence-corrected chi connectivity index (χ1v) is 12.2. The lowest BCUT2D eigenvalue weighted by atomic mass is 10.0. The highest BCUT2D eigenvalue weighted by molar-refractivity contribution is 6.33. The number of ether oxygens (including phenoxy) is 1. The van der Waals surface area contributed by atoms with Gasteiger partial charge in [-0.1, -0.05) is 35.9 Å². The predicted molar refractivity (Wildman–Crippen MR) is 142 cm³/mol. The molecule has 0 radical (unpaired) electrons. The Morgan fingerprint density at radius 3 is 2.51 bits per heavy atom. The molecule has 1 N–H and O–H groups in total. The number of hydrogen-bond donors (Lipinski definition) is 1. The highest BCUT2D eigenvalue weighted by Gasteiger charge is 2.17. The molecule has 0 unspecified atom stereocenters. The summed E-state index contributed by atoms with van der Waals surface area (Å²) in [4.78, 5) is 14.4. The quantitative estimate of drug-likeness (QED) is 0.281. The van der Waals surface area contributed by atoms with Gasteiger partial charge in [0.15, 0.2) is 11.6 Å². The van der Waals surface area contributed by atoms with Gasteiger partial charge in [-0.25, -0.2) is 9.37 Å². The lowest BCUT2D eigenvalue weighted by Gasteiger charge is -2.27. The Labute approximate surface area is 219 Å². The summed E-state index contributed by atoms with van der Waals surface area (Å²) >= 11 is 6.40. The van der Waals surface area contributed by atoms with Crippen LogP contribution < -0.4 is 10.2 Å². The van der Waals surface area contributed by atoms with E-state index < -0.39 is 5.82 Å². The number of nitrogens with one attached hydrogen (secondary N) is 1. The molecular weight excluding hydrogens is 493 g/mol. The van der Waals surface area contributed by atoms with E-state index in [0.29, 0.717) is 26.3 Å². The zero-order chi connectivity index (χ0) is 25.6. The largest absolute Gasteiger partial charge is 0.378 e. The Balaban J connectivity index is 1.19. The minimum absolute atomic E-state index is 0.108. The van der Waals surface area contributed by atoms with Crippen LogP contribution in [0.2, 0.25) is 5.02 Å². The fourth-order valence-electron chi connectivity index (χ4n) is 4.04. The van der Waals surface area contributed by atoms with Crippen LogP contribution in [0.5, 0.6) is 0 Å². The smallest absolute Gasteiger partial charge is 0.270 e. The molecule has 0 saturated carbocycles. The van der Waals surface area contributed by atoms with Gasteiger partial charge in [-0.05, 0) is 48.4 Å². The number of hydrogen-bond acceptors (Lipinski definition) is 8. The number of rotatable bonds is 7. The lowest BCUT2D eigenvalue weighted by molar-refractivity contribution is 0.122. The second-order valence-electron chi connectivity index (χ2n) is 8.51. The maximum absolute atomic E-state index is 14.2. The van der Waals surface area contributed by atoms with E-state index in [9.17, 15) is 4.39 Å². The van der Waals surface area contributed by atoms with Crippen LogP contribution in [0.25, 0.3) is 11.1 Å². The topological polar surface area (TPSA) is 87.9 Å². The highest BCUT2D eigenvalue weighted by atomic mass is 35.5. The van der Waals surface area contributed by atoms with Gasteiger partial charge in [-0.3, -0.25) is 4.98 Å². The molecule has 0 aliphatic carbocycles. The van der Waals surface area contributed by atoms with Crippen molar-refractivity contribution in [3.63, 3.8) is 0 Å². The molecule has 10 heteroatoms. The van der Waals surface area contributed by atoms with Gasteiger partial charge in [-0.15, -0.1) is 5.11 Å². The average Bonchev–Trinajstić information content (AvgIpc) is 2.92. The third-order valence-corrected chi connectivity index (χ3v) is 6.24. The van der Waals surface area contributed by atoms with E-state index in [1.807, 2.05) is 53.4 Å². The molecule has 0 spiro atoms. The number of pyridine rings is 1. The number of nitrogens with zero attached hydrogens (tertiary/aromatic N) is 6. The average molecular weight is 518 g/mol. The first-order valence-electron chi connectivity index (χ1n) is 11.9. The van der Waals surface area contributed by atoms with E-state index in [2.05, 4.69) is 43.5 Å². The highest BCUT2D eigenvalue weighted by Crippen LogP contribution is 2.32. The van der Waals surface area contributed by atoms with Crippen LogP contribution in [0.4, 0.5) is 27.5 Å². The zero-order valence-electron chi connectivity index (χ0n) is 20.2. The van der Waals surface area contributed by atoms with Crippen molar-refractivity contribution in [1.29, 1.82) is 0 Å². The standard InChI is InChI=1S/C27H25ClFN7O/c1-18-3-2-4-23(28)25(18)19-5-7-20(8-6-19)33-22-10-9-21(30-15-22)16-32-35-27-31-17-24(29)26(34-27)36-11-13-37-14-12-36/h2-10,15,17,33H,11-14,16H2,1H3. The fraction of sp³-hybridized carbons (Fsp3) is 0.222. The summed E-state index contributed by atoms with van der Waals surface area (Å²) in [5, 5.41) is 12.3. The molecular formula is C27H25ClFN7O. The molecule has 0 amide bonds. The van der Waals surface area contributed by atoms with Crippen molar-refractivity contribution in [2.24, 2.45) is 10.2 Å². The Hall–Kier alpha value is -3.95. The van der Waals surface area contributed by atoms with E-state index in [4.69, 9.17) is 16.3 Å². The molecule has 2 aromatic heterocycles. The molecule has 1 aliphatic rings. The number of aromatic nitrogens is 3. The van der Waals surface area contributed by atoms with Crippen LogP contribution in [0.3, 0.4) is 0 Å². The van der Waals surface area contributed by atoms with Crippen molar-refractivity contribution in [1.82, 2.24) is 15.0 Å². The van der Waals surface area contributed by atoms with E-state index in [-0.39, 0.29) is 18.3 Å². The van der Waals surface area contributed by atoms with Crippen LogP contribution in [-0.4, -0.2) is 41.3 Å². The Morgan fingerprint density at radius 2 is 1.78 bits per heavy atom. The first-order chi connectivity index (χ1) is 18.1. The molecule has 3 heterocycles. The predicted octanol–water partition coefficient (Wildman–Crippen LogP) is 6.50. The van der Waals surface area contributed by atoms with E-state index >= 15 is 0 Å². The maximum atomic E-state index is 14.2. The van der Waals surface area contributed by atoms with E-state index in [0.717, 1.165) is 45.0 Å². The van der Waals surface area contributed by atoms with Crippen molar-refractivity contribution in [3.8, 4) is 11.1 Å². The van der Waals surface area contributed by atoms with Gasteiger partial charge >= 0.3 is 0 Å². The minimum atomic E-state index is -0.487. The third kappa shape index (κ3) is 6.07. The molecule has 8 nitrogen and oxygen atoms in total. The number of morpholine rings is 1. The van der Waals surface area contributed by atoms with Crippen molar-refractivity contribution in [2.45, 2.75) is 13.5 Å². The van der Waals surface area contributed by atoms with Gasteiger partial charge in [-0.2, -0.15) is 10.1 Å². The molecule has 4 aromatic rings. The van der Waals surface area contributed by atoms with Crippen molar-refractivity contribution >= 4 is 34.7 Å². The van der Waals surface area contributed by atoms with Crippen molar-refractivity contribution in [3.05, 3.63) is 89.1 Å². The zero-order valence-corrected chi connectivity index (χ0v) is 21.0. The molecule has 0 atom stereocenters. The summed E-state index contributed by atoms with van der Waals surface area (Å²) in [6.45, 7) is 4.50. The summed E-state index contributed by atoms with van der Waals surface area (Å²) in [6.07, 6.45) is 2.86. The summed E-state index contributed by atoms with van der Waals surface area (Å²) in [5.41, 5.74) is 5.75. The molecule has 2 aromatic carbocycles. The summed E-state index contributed by atoms with van der Waals surface area (Å²) in [5.74, 6) is -0.160. The van der Waals surface area contributed by atoms with E-state index in [1.165, 1.54) is 0 Å². The van der Waals surface area contributed by atoms with Crippen molar-refractivity contribution in [2.75, 3.05) is 36.5 Å². The molecule has 1 aliphatic heterocycles. The second kappa shape index (κ2) is 11.4. The van der Waals surface area contributed by atoms with Crippen LogP contribution in [0.15, 0.2) is 77.2 Å². The molecule has 1 saturated heterocycles. The Kier molecular flexibility index (Phi) is 7.62. The molecule has 37 heavy (non-hydrogen) atoms. The van der Waals surface area contributed by atoms with Crippen molar-refractivity contribution < 1.29 is 9.13 Å². The number of anilines is 3. The SMILES string of the molecule is Cc1cccc(Cl)c1-c1ccc(Nc2ccc(CN=Nc3ncc(F)c(N4CCOCC4)n3)nc2)cc1. The Morgan fingerprint density at radius 1 is 1.00 bits per heavy atom. The van der Waals surface area contributed by atoms with Gasteiger partial charge in [0.2, 0.25) is 0 Å². The first kappa shape index (κ1) is 24.7. The molecule has 1 fully saturated rings. The van der Waals surface area contributed by atoms with Gasteiger partial charge in [0.25, 0.3) is 5.95 Å². The number of halogens is 2. The van der Waals surface area contributed by atoms with Crippen LogP contribution in [-0.2, 0) is 11.3 Å². The minimum Gasteiger partial charge on any atom is -0.378 e. The van der Waals surface area contributed by atoms with Gasteiger partial charge < -0.3 is 15.0 Å². The Bertz CT molecular complexity index is 1370. The number of azo groups is 1. The number of benzene rings is 2. The normalized spacial score (nSPS) is 13.8. The van der Waals surface area contributed by atoms with Gasteiger partial charge in [0, 0.05) is 29.4 Å². The fourth-order valence-corrected chi connectivity index (χ4v) is 4.37. The third-order valence-electron chi connectivity index (χ3n) is 5.93. The molecule has 5 rings (SSSR count). The monoisotopic (exact) mass is 517 g/mol. The van der Waals surface area contributed by atoms with Gasteiger partial charge in [0.05, 0.1) is 37.0 Å². The van der Waals surface area contributed by atoms with Gasteiger partial charge in [0.1, 0.15) is 6.54 Å². The molecule has 188 valence electrons. The van der Waals surface area contributed by atoms with Crippen LogP contribution >= 0.6 is 11.6 Å².